The first-order valence-electron chi connectivity index (χ1n) is 8.98. The third-order valence-corrected chi connectivity index (χ3v) is 5.49. The van der Waals surface area contributed by atoms with Crippen LogP contribution in [0.2, 0.25) is 0 Å². The summed E-state index contributed by atoms with van der Waals surface area (Å²) in [5.41, 5.74) is 2.02. The highest BCUT2D eigenvalue weighted by atomic mass is 32.2. The number of aromatic amines is 1. The topological polar surface area (TPSA) is 79.8 Å². The number of H-pyrrole nitrogens is 1. The van der Waals surface area contributed by atoms with Crippen LogP contribution >= 0.6 is 23.1 Å². The highest BCUT2D eigenvalue weighted by Gasteiger charge is 2.17. The Bertz CT molecular complexity index is 830. The first kappa shape index (κ1) is 19.8. The minimum atomic E-state index is 0.736. The van der Waals surface area contributed by atoms with Crippen LogP contribution in [0, 0.1) is 0 Å². The summed E-state index contributed by atoms with van der Waals surface area (Å²) in [5, 5.41) is 7.72. The maximum Gasteiger partial charge on any atom is 0.173 e. The number of nitrogens with zero attached hydrogens (tertiary/aromatic N) is 5. The van der Waals surface area contributed by atoms with Crippen LogP contribution in [0.3, 0.4) is 0 Å². The van der Waals surface area contributed by atoms with Crippen molar-refractivity contribution >= 4 is 28.9 Å². The Labute approximate surface area is 167 Å². The highest BCUT2D eigenvalue weighted by Crippen LogP contribution is 2.31. The summed E-state index contributed by atoms with van der Waals surface area (Å²) in [7, 11) is 0. The predicted molar refractivity (Wildman–Crippen MR) is 112 cm³/mol. The number of thioether (sulfide) groups is 1. The number of aromatic nitrogens is 5. The van der Waals surface area contributed by atoms with Gasteiger partial charge in [0.05, 0.1) is 30.0 Å². The predicted octanol–water partition coefficient (Wildman–Crippen LogP) is 3.72. The molecule has 4 rings (SSSR count). The number of hydrogen-bond acceptors (Lipinski definition) is 8. The van der Waals surface area contributed by atoms with Gasteiger partial charge in [-0.05, 0) is 6.26 Å². The Balaban J connectivity index is 0.00000102. The number of thiazole rings is 1. The zero-order valence-electron chi connectivity index (χ0n) is 15.8. The van der Waals surface area contributed by atoms with Gasteiger partial charge in [0.15, 0.2) is 5.82 Å². The molecule has 1 saturated heterocycles. The van der Waals surface area contributed by atoms with E-state index in [1.807, 2.05) is 26.2 Å². The van der Waals surface area contributed by atoms with Gasteiger partial charge in [0.2, 0.25) is 0 Å². The Hall–Kier alpha value is -1.97. The normalized spacial score (nSPS) is 14.0. The zero-order chi connectivity index (χ0) is 19.1. The maximum absolute atomic E-state index is 5.45. The van der Waals surface area contributed by atoms with E-state index in [1.54, 1.807) is 29.3 Å². The first-order chi connectivity index (χ1) is 13.3. The van der Waals surface area contributed by atoms with E-state index in [0.29, 0.717) is 0 Å². The molecule has 0 aromatic carbocycles. The Kier molecular flexibility index (Phi) is 7.19. The van der Waals surface area contributed by atoms with Crippen molar-refractivity contribution in [3.8, 4) is 21.3 Å². The quantitative estimate of drug-likeness (QED) is 0.694. The molecule has 0 amide bonds. The molecule has 27 heavy (non-hydrogen) atoms. The average molecular weight is 405 g/mol. The minimum Gasteiger partial charge on any atom is -0.378 e. The molecule has 0 atom stereocenters. The zero-order valence-corrected chi connectivity index (χ0v) is 17.4. The van der Waals surface area contributed by atoms with Crippen LogP contribution in [0.25, 0.3) is 21.3 Å². The molecule has 0 spiro atoms. The van der Waals surface area contributed by atoms with Crippen molar-refractivity contribution in [2.24, 2.45) is 0 Å². The lowest BCUT2D eigenvalue weighted by atomic mass is 10.3. The largest absolute Gasteiger partial charge is 0.378 e. The third kappa shape index (κ3) is 4.85. The standard InChI is InChI=1S/C16H18N6OS2.C2H6/c1-24-10-12-6-14(22-2-4-23-5-3-22)21-15(20-12)13-9-17-16(25-13)11-7-18-19-8-11;1-2/h6-9H,2-5,10H2,1H3,(H,18,19);1-2H3. The fourth-order valence-corrected chi connectivity index (χ4v) is 3.92. The monoisotopic (exact) mass is 404 g/mol. The van der Waals surface area contributed by atoms with Crippen molar-refractivity contribution in [3.63, 3.8) is 0 Å². The molecular weight excluding hydrogens is 380 g/mol. The molecule has 1 fully saturated rings. The van der Waals surface area contributed by atoms with Crippen LogP contribution in [-0.2, 0) is 10.5 Å². The minimum absolute atomic E-state index is 0.736. The van der Waals surface area contributed by atoms with E-state index >= 15 is 0 Å². The van der Waals surface area contributed by atoms with Crippen LogP contribution in [0.4, 0.5) is 5.82 Å². The highest BCUT2D eigenvalue weighted by molar-refractivity contribution is 7.97. The van der Waals surface area contributed by atoms with Gasteiger partial charge in [0.1, 0.15) is 10.8 Å². The van der Waals surface area contributed by atoms with Crippen LogP contribution < -0.4 is 4.90 Å². The van der Waals surface area contributed by atoms with Gasteiger partial charge in [-0.2, -0.15) is 16.9 Å². The van der Waals surface area contributed by atoms with Crippen LogP contribution in [-0.4, -0.2) is 57.7 Å². The van der Waals surface area contributed by atoms with Crippen LogP contribution in [0.1, 0.15) is 19.5 Å². The Morgan fingerprint density at radius 1 is 1.22 bits per heavy atom. The fourth-order valence-electron chi connectivity index (χ4n) is 2.65. The number of morpholine rings is 1. The molecule has 0 bridgehead atoms. The average Bonchev–Trinajstić information content (AvgIpc) is 3.42. The van der Waals surface area contributed by atoms with Crippen LogP contribution in [0.5, 0.6) is 0 Å². The number of rotatable bonds is 5. The molecule has 144 valence electrons. The van der Waals surface area contributed by atoms with Crippen molar-refractivity contribution in [2.75, 3.05) is 37.5 Å². The van der Waals surface area contributed by atoms with Crippen LogP contribution in [0.15, 0.2) is 24.7 Å². The van der Waals surface area contributed by atoms with Gasteiger partial charge in [-0.3, -0.25) is 5.10 Å². The molecule has 3 aromatic heterocycles. The number of anilines is 1. The second-order valence-corrected chi connectivity index (χ2v) is 7.49. The van der Waals surface area contributed by atoms with Gasteiger partial charge in [0, 0.05) is 42.9 Å². The van der Waals surface area contributed by atoms with E-state index in [4.69, 9.17) is 14.7 Å². The molecule has 1 aliphatic heterocycles. The lowest BCUT2D eigenvalue weighted by Crippen LogP contribution is -2.36. The van der Waals surface area contributed by atoms with Crippen molar-refractivity contribution in [2.45, 2.75) is 19.6 Å². The fraction of sp³-hybridized carbons (Fsp3) is 0.444. The molecule has 0 unspecified atom stereocenters. The second-order valence-electron chi connectivity index (χ2n) is 5.59. The third-order valence-electron chi connectivity index (χ3n) is 3.86. The van der Waals surface area contributed by atoms with Crippen molar-refractivity contribution in [1.29, 1.82) is 0 Å². The van der Waals surface area contributed by atoms with E-state index in [9.17, 15) is 0 Å². The summed E-state index contributed by atoms with van der Waals surface area (Å²) in [4.78, 5) is 17.3. The Morgan fingerprint density at radius 3 is 2.74 bits per heavy atom. The summed E-state index contributed by atoms with van der Waals surface area (Å²) >= 11 is 3.34. The van der Waals surface area contributed by atoms with E-state index in [2.05, 4.69) is 32.4 Å². The summed E-state index contributed by atoms with van der Waals surface area (Å²) in [6, 6.07) is 2.09. The Morgan fingerprint density at radius 2 is 2.04 bits per heavy atom. The molecule has 1 aliphatic rings. The molecule has 7 nitrogen and oxygen atoms in total. The number of hydrogen-bond donors (Lipinski definition) is 1. The summed E-state index contributed by atoms with van der Waals surface area (Å²) in [6.45, 7) is 7.20. The lowest BCUT2D eigenvalue weighted by Gasteiger charge is -2.28. The molecule has 0 aliphatic carbocycles. The van der Waals surface area contributed by atoms with E-state index in [-0.39, 0.29) is 0 Å². The molecule has 3 aromatic rings. The molecule has 0 radical (unpaired) electrons. The van der Waals surface area contributed by atoms with Crippen molar-refractivity contribution in [1.82, 2.24) is 25.1 Å². The van der Waals surface area contributed by atoms with Gasteiger partial charge >= 0.3 is 0 Å². The van der Waals surface area contributed by atoms with Gasteiger partial charge in [0.25, 0.3) is 0 Å². The summed E-state index contributed by atoms with van der Waals surface area (Å²) in [5.74, 6) is 2.57. The molecule has 1 N–H and O–H groups in total. The number of nitrogens with one attached hydrogen (secondary N) is 1. The van der Waals surface area contributed by atoms with Gasteiger partial charge in [-0.25, -0.2) is 15.0 Å². The van der Waals surface area contributed by atoms with Gasteiger partial charge < -0.3 is 9.64 Å². The number of ether oxygens (including phenoxy) is 1. The van der Waals surface area contributed by atoms with Gasteiger partial charge in [-0.1, -0.05) is 13.8 Å². The van der Waals surface area contributed by atoms with Crippen molar-refractivity contribution in [3.05, 3.63) is 30.4 Å². The molecule has 9 heteroatoms. The van der Waals surface area contributed by atoms with Crippen molar-refractivity contribution < 1.29 is 4.74 Å². The smallest absolute Gasteiger partial charge is 0.173 e. The van der Waals surface area contributed by atoms with E-state index in [0.717, 1.165) is 64.8 Å². The molecule has 4 heterocycles. The maximum atomic E-state index is 5.45. The summed E-state index contributed by atoms with van der Waals surface area (Å²) in [6.07, 6.45) is 7.54. The molecular formula is C18H24N6OS2. The first-order valence-corrected chi connectivity index (χ1v) is 11.2. The summed E-state index contributed by atoms with van der Waals surface area (Å²) < 4.78 is 5.45. The van der Waals surface area contributed by atoms with Gasteiger partial charge in [-0.15, -0.1) is 11.3 Å². The lowest BCUT2D eigenvalue weighted by molar-refractivity contribution is 0.122. The SMILES string of the molecule is CC.CSCc1cc(N2CCOCC2)nc(-c2cnc(-c3cn[nH]c3)s2)n1. The van der Waals surface area contributed by atoms with E-state index in [1.165, 1.54) is 0 Å². The second kappa shape index (κ2) is 9.82. The molecule has 0 saturated carbocycles. The van der Waals surface area contributed by atoms with E-state index < -0.39 is 0 Å².